The Kier molecular flexibility index (Phi) is 3.42. The van der Waals surface area contributed by atoms with Crippen LogP contribution in [0.5, 0.6) is 5.75 Å². The van der Waals surface area contributed by atoms with Crippen molar-refractivity contribution in [2.75, 3.05) is 7.11 Å². The zero-order valence-corrected chi connectivity index (χ0v) is 12.3. The van der Waals surface area contributed by atoms with Gasteiger partial charge in [0.05, 0.1) is 13.2 Å². The van der Waals surface area contributed by atoms with Gasteiger partial charge in [0.2, 0.25) is 5.91 Å². The number of benzene rings is 2. The standard InChI is InChI=1S/C18H19NO2/c1-18(14-8-10-15(21-2)11-9-14)12-16(20)19-17(18)13-6-4-3-5-7-13/h3-11,17H,12H2,1-2H3,(H,19,20). The van der Waals surface area contributed by atoms with E-state index in [9.17, 15) is 4.79 Å². The molecule has 1 fully saturated rings. The highest BCUT2D eigenvalue weighted by Crippen LogP contribution is 2.44. The van der Waals surface area contributed by atoms with Crippen LogP contribution in [0, 0.1) is 0 Å². The maximum Gasteiger partial charge on any atom is 0.221 e. The zero-order chi connectivity index (χ0) is 14.9. The van der Waals surface area contributed by atoms with Gasteiger partial charge in [-0.25, -0.2) is 0 Å². The summed E-state index contributed by atoms with van der Waals surface area (Å²) in [6.07, 6.45) is 0.499. The van der Waals surface area contributed by atoms with Gasteiger partial charge in [0.1, 0.15) is 5.75 Å². The van der Waals surface area contributed by atoms with Crippen LogP contribution in [-0.4, -0.2) is 13.0 Å². The van der Waals surface area contributed by atoms with Gasteiger partial charge >= 0.3 is 0 Å². The van der Waals surface area contributed by atoms with Crippen molar-refractivity contribution in [1.29, 1.82) is 0 Å². The number of ether oxygens (including phenoxy) is 1. The number of nitrogens with one attached hydrogen (secondary N) is 1. The molecule has 0 aromatic heterocycles. The second-order valence-electron chi connectivity index (χ2n) is 5.73. The van der Waals surface area contributed by atoms with E-state index in [0.717, 1.165) is 16.9 Å². The molecular formula is C18H19NO2. The zero-order valence-electron chi connectivity index (χ0n) is 12.3. The summed E-state index contributed by atoms with van der Waals surface area (Å²) in [5.41, 5.74) is 2.04. The van der Waals surface area contributed by atoms with Gasteiger partial charge in [-0.1, -0.05) is 49.4 Å². The molecule has 21 heavy (non-hydrogen) atoms. The van der Waals surface area contributed by atoms with Crippen molar-refractivity contribution in [3.05, 3.63) is 65.7 Å². The van der Waals surface area contributed by atoms with Gasteiger partial charge in [-0.05, 0) is 23.3 Å². The quantitative estimate of drug-likeness (QED) is 0.938. The third-order valence-corrected chi connectivity index (χ3v) is 4.35. The number of hydrogen-bond donors (Lipinski definition) is 1. The minimum atomic E-state index is -0.245. The number of rotatable bonds is 3. The molecule has 1 N–H and O–H groups in total. The topological polar surface area (TPSA) is 38.3 Å². The predicted molar refractivity (Wildman–Crippen MR) is 82.3 cm³/mol. The molecule has 2 atom stereocenters. The molecule has 0 bridgehead atoms. The maximum absolute atomic E-state index is 12.0. The van der Waals surface area contributed by atoms with Gasteiger partial charge in [-0.15, -0.1) is 0 Å². The van der Waals surface area contributed by atoms with Crippen molar-refractivity contribution in [3.8, 4) is 5.75 Å². The first-order chi connectivity index (χ1) is 10.1. The van der Waals surface area contributed by atoms with E-state index in [1.54, 1.807) is 7.11 Å². The van der Waals surface area contributed by atoms with Crippen molar-refractivity contribution in [2.45, 2.75) is 24.8 Å². The van der Waals surface area contributed by atoms with E-state index < -0.39 is 0 Å². The molecule has 1 aliphatic heterocycles. The number of methoxy groups -OCH3 is 1. The van der Waals surface area contributed by atoms with Crippen LogP contribution in [-0.2, 0) is 10.2 Å². The molecule has 0 spiro atoms. The molecule has 3 heteroatoms. The maximum atomic E-state index is 12.0. The van der Waals surface area contributed by atoms with E-state index in [1.807, 2.05) is 30.3 Å². The fourth-order valence-corrected chi connectivity index (χ4v) is 3.14. The predicted octanol–water partition coefficient (Wildman–Crippen LogP) is 3.21. The molecule has 1 amide bonds. The molecule has 1 aliphatic rings. The molecule has 2 aromatic rings. The van der Waals surface area contributed by atoms with Gasteiger partial charge in [-0.2, -0.15) is 0 Å². The Balaban J connectivity index is 2.01. The summed E-state index contributed by atoms with van der Waals surface area (Å²) in [5, 5.41) is 3.12. The minimum Gasteiger partial charge on any atom is -0.497 e. The van der Waals surface area contributed by atoms with E-state index in [2.05, 4.69) is 36.5 Å². The van der Waals surface area contributed by atoms with Crippen LogP contribution in [0.4, 0.5) is 0 Å². The van der Waals surface area contributed by atoms with E-state index in [1.165, 1.54) is 0 Å². The third kappa shape index (κ3) is 2.40. The molecule has 0 saturated carbocycles. The molecule has 0 aliphatic carbocycles. The average molecular weight is 281 g/mol. The fraction of sp³-hybridized carbons (Fsp3) is 0.278. The van der Waals surface area contributed by atoms with Crippen molar-refractivity contribution in [3.63, 3.8) is 0 Å². The third-order valence-electron chi connectivity index (χ3n) is 4.35. The number of carbonyl (C=O) groups excluding carboxylic acids is 1. The van der Waals surface area contributed by atoms with Crippen LogP contribution >= 0.6 is 0 Å². The van der Waals surface area contributed by atoms with Crippen LogP contribution in [0.1, 0.15) is 30.5 Å². The van der Waals surface area contributed by atoms with Gasteiger partial charge < -0.3 is 10.1 Å². The molecule has 1 heterocycles. The molecule has 2 unspecified atom stereocenters. The Hall–Kier alpha value is -2.29. The van der Waals surface area contributed by atoms with Crippen LogP contribution in [0.15, 0.2) is 54.6 Å². The summed E-state index contributed by atoms with van der Waals surface area (Å²) >= 11 is 0. The summed E-state index contributed by atoms with van der Waals surface area (Å²) < 4.78 is 5.21. The molecule has 0 radical (unpaired) electrons. The van der Waals surface area contributed by atoms with Crippen LogP contribution in [0.3, 0.4) is 0 Å². The monoisotopic (exact) mass is 281 g/mol. The highest BCUT2D eigenvalue weighted by Gasteiger charge is 2.45. The van der Waals surface area contributed by atoms with Crippen molar-refractivity contribution >= 4 is 5.91 Å². The van der Waals surface area contributed by atoms with E-state index in [-0.39, 0.29) is 17.4 Å². The smallest absolute Gasteiger partial charge is 0.221 e. The summed E-state index contributed by atoms with van der Waals surface area (Å²) in [5.74, 6) is 0.929. The summed E-state index contributed by atoms with van der Waals surface area (Å²) in [4.78, 5) is 12.0. The normalized spacial score (nSPS) is 24.7. The highest BCUT2D eigenvalue weighted by molar-refractivity contribution is 5.82. The Bertz CT molecular complexity index is 636. The first-order valence-corrected chi connectivity index (χ1v) is 7.12. The number of carbonyl (C=O) groups is 1. The Morgan fingerprint density at radius 1 is 1.10 bits per heavy atom. The van der Waals surface area contributed by atoms with E-state index in [0.29, 0.717) is 6.42 Å². The van der Waals surface area contributed by atoms with Gasteiger partial charge in [-0.3, -0.25) is 4.79 Å². The second-order valence-corrected chi connectivity index (χ2v) is 5.73. The summed E-state index contributed by atoms with van der Waals surface area (Å²) in [6.45, 7) is 2.14. The Morgan fingerprint density at radius 3 is 2.38 bits per heavy atom. The van der Waals surface area contributed by atoms with Crippen LogP contribution in [0.2, 0.25) is 0 Å². The van der Waals surface area contributed by atoms with Crippen molar-refractivity contribution in [2.24, 2.45) is 0 Å². The largest absolute Gasteiger partial charge is 0.497 e. The van der Waals surface area contributed by atoms with Crippen molar-refractivity contribution in [1.82, 2.24) is 5.32 Å². The molecule has 1 saturated heterocycles. The van der Waals surface area contributed by atoms with Crippen LogP contribution in [0.25, 0.3) is 0 Å². The highest BCUT2D eigenvalue weighted by atomic mass is 16.5. The van der Waals surface area contributed by atoms with Crippen LogP contribution < -0.4 is 10.1 Å². The first-order valence-electron chi connectivity index (χ1n) is 7.12. The Labute approximate surface area is 124 Å². The molecule has 108 valence electrons. The molecule has 2 aromatic carbocycles. The minimum absolute atomic E-state index is 0.000375. The SMILES string of the molecule is COc1ccc(C2(C)CC(=O)NC2c2ccccc2)cc1. The summed E-state index contributed by atoms with van der Waals surface area (Å²) in [6, 6.07) is 18.1. The van der Waals surface area contributed by atoms with E-state index in [4.69, 9.17) is 4.74 Å². The first kappa shape index (κ1) is 13.7. The molecular weight excluding hydrogens is 262 g/mol. The second kappa shape index (κ2) is 5.24. The lowest BCUT2D eigenvalue weighted by Gasteiger charge is -2.31. The number of hydrogen-bond acceptors (Lipinski definition) is 2. The van der Waals surface area contributed by atoms with Gasteiger partial charge in [0, 0.05) is 11.8 Å². The molecule has 3 nitrogen and oxygen atoms in total. The lowest BCUT2D eigenvalue weighted by Crippen LogP contribution is -2.30. The Morgan fingerprint density at radius 2 is 1.76 bits per heavy atom. The van der Waals surface area contributed by atoms with Gasteiger partial charge in [0.15, 0.2) is 0 Å². The fourth-order valence-electron chi connectivity index (χ4n) is 3.14. The van der Waals surface area contributed by atoms with E-state index >= 15 is 0 Å². The van der Waals surface area contributed by atoms with Gasteiger partial charge in [0.25, 0.3) is 0 Å². The van der Waals surface area contributed by atoms with Crippen molar-refractivity contribution < 1.29 is 9.53 Å². The molecule has 3 rings (SSSR count). The number of amides is 1. The lowest BCUT2D eigenvalue weighted by atomic mass is 9.73. The summed E-state index contributed by atoms with van der Waals surface area (Å²) in [7, 11) is 1.66. The lowest BCUT2D eigenvalue weighted by molar-refractivity contribution is -0.119. The average Bonchev–Trinajstić information content (AvgIpc) is 2.84.